The molecule has 0 aromatic carbocycles. The van der Waals surface area contributed by atoms with E-state index < -0.39 is 6.29 Å². The van der Waals surface area contributed by atoms with Gasteiger partial charge in [-0.1, -0.05) is 6.58 Å². The van der Waals surface area contributed by atoms with E-state index in [1.807, 2.05) is 0 Å². The van der Waals surface area contributed by atoms with E-state index in [4.69, 9.17) is 9.47 Å². The third-order valence-electron chi connectivity index (χ3n) is 1.08. The Balaban J connectivity index is 2.32. The standard InChI is InChI=1S/C6H9NO3/c1-2-7-5(8)6-9-3-4-10-6/h2,6H,1,3-4H2,(H,7,8). The van der Waals surface area contributed by atoms with Crippen molar-refractivity contribution in [2.45, 2.75) is 6.29 Å². The molecule has 4 heteroatoms. The zero-order valence-corrected chi connectivity index (χ0v) is 5.50. The van der Waals surface area contributed by atoms with Crippen molar-refractivity contribution in [2.75, 3.05) is 13.2 Å². The summed E-state index contributed by atoms with van der Waals surface area (Å²) in [6.07, 6.45) is 0.561. The second-order valence-corrected chi connectivity index (χ2v) is 1.79. The SMILES string of the molecule is C=CNC(=O)C1OCCO1. The van der Waals surface area contributed by atoms with E-state index in [2.05, 4.69) is 11.9 Å². The van der Waals surface area contributed by atoms with Crippen LogP contribution in [0.3, 0.4) is 0 Å². The molecule has 0 aliphatic carbocycles. The van der Waals surface area contributed by atoms with Crippen LogP contribution in [0, 0.1) is 0 Å². The first-order chi connectivity index (χ1) is 4.84. The number of hydrogen-bond donors (Lipinski definition) is 1. The largest absolute Gasteiger partial charge is 0.342 e. The Morgan fingerprint density at radius 2 is 2.20 bits per heavy atom. The van der Waals surface area contributed by atoms with Crippen LogP contribution >= 0.6 is 0 Å². The summed E-state index contributed by atoms with van der Waals surface area (Å²) in [6.45, 7) is 4.29. The number of hydrogen-bond acceptors (Lipinski definition) is 3. The number of carbonyl (C=O) groups excluding carboxylic acids is 1. The Hall–Kier alpha value is -0.870. The highest BCUT2D eigenvalue weighted by Crippen LogP contribution is 2.02. The molecule has 0 bridgehead atoms. The minimum atomic E-state index is -0.738. The first kappa shape index (κ1) is 7.24. The molecule has 0 spiro atoms. The molecular formula is C6H9NO3. The molecule has 1 aliphatic heterocycles. The molecule has 4 nitrogen and oxygen atoms in total. The van der Waals surface area contributed by atoms with Gasteiger partial charge in [0.15, 0.2) is 0 Å². The monoisotopic (exact) mass is 143 g/mol. The van der Waals surface area contributed by atoms with E-state index in [-0.39, 0.29) is 5.91 Å². The van der Waals surface area contributed by atoms with Gasteiger partial charge in [0.25, 0.3) is 5.91 Å². The normalized spacial score (nSPS) is 18.8. The lowest BCUT2D eigenvalue weighted by Gasteiger charge is -2.05. The minimum Gasteiger partial charge on any atom is -0.342 e. The van der Waals surface area contributed by atoms with Crippen LogP contribution in [0.2, 0.25) is 0 Å². The van der Waals surface area contributed by atoms with E-state index >= 15 is 0 Å². The summed E-state index contributed by atoms with van der Waals surface area (Å²) in [7, 11) is 0. The fraction of sp³-hybridized carbons (Fsp3) is 0.500. The highest BCUT2D eigenvalue weighted by Gasteiger charge is 2.23. The molecule has 1 aliphatic rings. The molecule has 1 N–H and O–H groups in total. The van der Waals surface area contributed by atoms with Gasteiger partial charge >= 0.3 is 0 Å². The highest BCUT2D eigenvalue weighted by atomic mass is 16.7. The van der Waals surface area contributed by atoms with E-state index in [0.29, 0.717) is 13.2 Å². The fourth-order valence-corrected chi connectivity index (χ4v) is 0.678. The Morgan fingerprint density at radius 3 is 2.70 bits per heavy atom. The average molecular weight is 143 g/mol. The van der Waals surface area contributed by atoms with Crippen LogP contribution in [-0.2, 0) is 14.3 Å². The zero-order valence-electron chi connectivity index (χ0n) is 5.50. The lowest BCUT2D eigenvalue weighted by atomic mass is 10.6. The number of amides is 1. The van der Waals surface area contributed by atoms with Crippen molar-refractivity contribution in [3.05, 3.63) is 12.8 Å². The van der Waals surface area contributed by atoms with Crippen LogP contribution in [-0.4, -0.2) is 25.4 Å². The second-order valence-electron chi connectivity index (χ2n) is 1.79. The molecular weight excluding hydrogens is 134 g/mol. The van der Waals surface area contributed by atoms with Gasteiger partial charge in [0.05, 0.1) is 13.2 Å². The lowest BCUT2D eigenvalue weighted by molar-refractivity contribution is -0.145. The maximum atomic E-state index is 10.8. The van der Waals surface area contributed by atoms with Crippen molar-refractivity contribution in [1.29, 1.82) is 0 Å². The van der Waals surface area contributed by atoms with Crippen LogP contribution in [0.5, 0.6) is 0 Å². The van der Waals surface area contributed by atoms with Crippen LogP contribution < -0.4 is 5.32 Å². The fourth-order valence-electron chi connectivity index (χ4n) is 0.678. The number of ether oxygens (including phenoxy) is 2. The number of rotatable bonds is 2. The van der Waals surface area contributed by atoms with Gasteiger partial charge in [-0.3, -0.25) is 4.79 Å². The van der Waals surface area contributed by atoms with E-state index in [9.17, 15) is 4.79 Å². The van der Waals surface area contributed by atoms with Crippen molar-refractivity contribution >= 4 is 5.91 Å². The van der Waals surface area contributed by atoms with Gasteiger partial charge in [0, 0.05) is 0 Å². The lowest BCUT2D eigenvalue weighted by Crippen LogP contribution is -2.31. The summed E-state index contributed by atoms with van der Waals surface area (Å²) in [4.78, 5) is 10.8. The van der Waals surface area contributed by atoms with Crippen molar-refractivity contribution in [1.82, 2.24) is 5.32 Å². The van der Waals surface area contributed by atoms with Crippen molar-refractivity contribution < 1.29 is 14.3 Å². The summed E-state index contributed by atoms with van der Waals surface area (Å²) >= 11 is 0. The van der Waals surface area contributed by atoms with Gasteiger partial charge in [0.2, 0.25) is 6.29 Å². The molecule has 0 aromatic heterocycles. The van der Waals surface area contributed by atoms with Gasteiger partial charge in [0.1, 0.15) is 0 Å². The van der Waals surface area contributed by atoms with Gasteiger partial charge in [-0.2, -0.15) is 0 Å². The van der Waals surface area contributed by atoms with Gasteiger partial charge < -0.3 is 14.8 Å². The van der Waals surface area contributed by atoms with Crippen molar-refractivity contribution in [3.8, 4) is 0 Å². The maximum Gasteiger partial charge on any atom is 0.280 e. The summed E-state index contributed by atoms with van der Waals surface area (Å²) in [6, 6.07) is 0. The summed E-state index contributed by atoms with van der Waals surface area (Å²) in [5.41, 5.74) is 0. The molecule has 1 saturated heterocycles. The van der Waals surface area contributed by atoms with Gasteiger partial charge in [-0.25, -0.2) is 0 Å². The highest BCUT2D eigenvalue weighted by molar-refractivity contribution is 5.80. The molecule has 56 valence electrons. The van der Waals surface area contributed by atoms with Crippen LogP contribution in [0.1, 0.15) is 0 Å². The van der Waals surface area contributed by atoms with E-state index in [1.165, 1.54) is 6.20 Å². The Labute approximate surface area is 58.8 Å². The van der Waals surface area contributed by atoms with Crippen molar-refractivity contribution in [3.63, 3.8) is 0 Å². The summed E-state index contributed by atoms with van der Waals surface area (Å²) in [5.74, 6) is -0.299. The Bertz CT molecular complexity index is 140. The molecule has 10 heavy (non-hydrogen) atoms. The number of carbonyl (C=O) groups is 1. The molecule has 1 heterocycles. The third kappa shape index (κ3) is 1.55. The van der Waals surface area contributed by atoms with Crippen LogP contribution in [0.4, 0.5) is 0 Å². The molecule has 0 unspecified atom stereocenters. The zero-order chi connectivity index (χ0) is 7.40. The Kier molecular flexibility index (Phi) is 2.42. The van der Waals surface area contributed by atoms with Crippen molar-refractivity contribution in [2.24, 2.45) is 0 Å². The van der Waals surface area contributed by atoms with Crippen LogP contribution in [0.25, 0.3) is 0 Å². The predicted octanol–water partition coefficient (Wildman–Crippen LogP) is -0.381. The molecule has 1 amide bonds. The van der Waals surface area contributed by atoms with Crippen LogP contribution in [0.15, 0.2) is 12.8 Å². The smallest absolute Gasteiger partial charge is 0.280 e. The summed E-state index contributed by atoms with van der Waals surface area (Å²) < 4.78 is 9.77. The average Bonchev–Trinajstić information content (AvgIpc) is 2.38. The first-order valence-corrected chi connectivity index (χ1v) is 2.99. The molecule has 0 radical (unpaired) electrons. The topological polar surface area (TPSA) is 47.6 Å². The molecule has 1 rings (SSSR count). The number of nitrogens with one attached hydrogen (secondary N) is 1. The van der Waals surface area contributed by atoms with Gasteiger partial charge in [-0.15, -0.1) is 0 Å². The molecule has 1 fully saturated rings. The Morgan fingerprint density at radius 1 is 1.60 bits per heavy atom. The quantitative estimate of drug-likeness (QED) is 0.573. The minimum absolute atomic E-state index is 0.299. The first-order valence-electron chi connectivity index (χ1n) is 2.99. The molecule has 0 saturated carbocycles. The molecule has 0 aromatic rings. The second kappa shape index (κ2) is 3.34. The van der Waals surface area contributed by atoms with E-state index in [1.54, 1.807) is 0 Å². The summed E-state index contributed by atoms with van der Waals surface area (Å²) in [5, 5.41) is 2.36. The maximum absolute atomic E-state index is 10.8. The third-order valence-corrected chi connectivity index (χ3v) is 1.08. The molecule has 0 atom stereocenters. The predicted molar refractivity (Wildman–Crippen MR) is 34.0 cm³/mol. The van der Waals surface area contributed by atoms with Gasteiger partial charge in [-0.05, 0) is 6.20 Å². The van der Waals surface area contributed by atoms with E-state index in [0.717, 1.165) is 0 Å².